The van der Waals surface area contributed by atoms with E-state index in [1.807, 2.05) is 6.92 Å². The lowest BCUT2D eigenvalue weighted by atomic mass is 10.0. The molecule has 2 aromatic carbocycles. The van der Waals surface area contributed by atoms with E-state index in [4.69, 9.17) is 4.42 Å². The zero-order valence-corrected chi connectivity index (χ0v) is 21.0. The number of hydrogen-bond acceptors (Lipinski definition) is 8. The number of sulfone groups is 1. The first-order chi connectivity index (χ1) is 16.5. The third kappa shape index (κ3) is 5.95. The van der Waals surface area contributed by atoms with Crippen LogP contribution in [0.4, 0.5) is 6.01 Å². The van der Waals surface area contributed by atoms with Crippen molar-refractivity contribution in [1.29, 1.82) is 0 Å². The number of hydrogen-bond donors (Lipinski definition) is 1. The van der Waals surface area contributed by atoms with Crippen LogP contribution in [0.2, 0.25) is 0 Å². The Morgan fingerprint density at radius 2 is 1.69 bits per heavy atom. The lowest BCUT2D eigenvalue weighted by molar-refractivity contribution is 0.102. The summed E-state index contributed by atoms with van der Waals surface area (Å²) in [6, 6.07) is 11.9. The summed E-state index contributed by atoms with van der Waals surface area (Å²) >= 11 is 0. The molecule has 1 fully saturated rings. The molecule has 1 saturated heterocycles. The number of piperidine rings is 1. The standard InChI is InChI=1S/C23H26N4O6S2/c1-16-4-3-13-27(15-16)35(31,32)20-11-7-18(8-12-20)22(28)24-23-26-25-21(33-23)14-17-5-9-19(10-6-17)34(2,29)30/h5-12,16H,3-4,13-15H2,1-2H3,(H,24,26,28). The van der Waals surface area contributed by atoms with E-state index in [2.05, 4.69) is 15.5 Å². The predicted octanol–water partition coefficient (Wildman–Crippen LogP) is 2.74. The molecule has 12 heteroatoms. The fraction of sp³-hybridized carbons (Fsp3) is 0.348. The van der Waals surface area contributed by atoms with Crippen LogP contribution in [-0.4, -0.2) is 56.6 Å². The molecule has 2 heterocycles. The molecule has 1 aliphatic heterocycles. The molecule has 186 valence electrons. The van der Waals surface area contributed by atoms with Gasteiger partial charge in [-0.25, -0.2) is 16.8 Å². The molecule has 3 aromatic rings. The zero-order valence-electron chi connectivity index (χ0n) is 19.3. The van der Waals surface area contributed by atoms with Crippen molar-refractivity contribution in [3.05, 3.63) is 65.5 Å². The average Bonchev–Trinajstić information content (AvgIpc) is 3.25. The maximum absolute atomic E-state index is 12.9. The smallest absolute Gasteiger partial charge is 0.322 e. The molecule has 1 atom stereocenters. The zero-order chi connectivity index (χ0) is 25.2. The third-order valence-corrected chi connectivity index (χ3v) is 8.78. The number of nitrogens with zero attached hydrogens (tertiary/aromatic N) is 3. The van der Waals surface area contributed by atoms with Gasteiger partial charge in [0.15, 0.2) is 9.84 Å². The Hall–Kier alpha value is -3.09. The second-order valence-corrected chi connectivity index (χ2v) is 12.6. The molecule has 0 spiro atoms. The topological polar surface area (TPSA) is 140 Å². The van der Waals surface area contributed by atoms with Crippen molar-refractivity contribution in [1.82, 2.24) is 14.5 Å². The minimum Gasteiger partial charge on any atom is -0.407 e. The Bertz CT molecular complexity index is 1420. The highest BCUT2D eigenvalue weighted by Crippen LogP contribution is 2.24. The van der Waals surface area contributed by atoms with Crippen LogP contribution in [0.3, 0.4) is 0 Å². The summed E-state index contributed by atoms with van der Waals surface area (Å²) < 4.78 is 55.9. The Morgan fingerprint density at radius 1 is 1.03 bits per heavy atom. The van der Waals surface area contributed by atoms with Crippen LogP contribution in [0.15, 0.2) is 62.7 Å². The highest BCUT2D eigenvalue weighted by atomic mass is 32.2. The van der Waals surface area contributed by atoms with Gasteiger partial charge < -0.3 is 4.42 Å². The van der Waals surface area contributed by atoms with Gasteiger partial charge in [0, 0.05) is 24.9 Å². The second kappa shape index (κ2) is 9.88. The molecule has 0 bridgehead atoms. The van der Waals surface area contributed by atoms with Crippen molar-refractivity contribution >= 4 is 31.8 Å². The van der Waals surface area contributed by atoms with Gasteiger partial charge in [-0.05, 0) is 60.7 Å². The van der Waals surface area contributed by atoms with E-state index < -0.39 is 25.8 Å². The minimum absolute atomic E-state index is 0.100. The van der Waals surface area contributed by atoms with Crippen LogP contribution in [0.1, 0.15) is 41.6 Å². The molecule has 0 saturated carbocycles. The van der Waals surface area contributed by atoms with E-state index in [9.17, 15) is 21.6 Å². The number of carbonyl (C=O) groups excluding carboxylic acids is 1. The number of amides is 1. The summed E-state index contributed by atoms with van der Waals surface area (Å²) in [6.07, 6.45) is 3.24. The quantitative estimate of drug-likeness (QED) is 0.504. The average molecular weight is 519 g/mol. The van der Waals surface area contributed by atoms with Gasteiger partial charge >= 0.3 is 6.01 Å². The van der Waals surface area contributed by atoms with Crippen LogP contribution in [0, 0.1) is 5.92 Å². The number of nitrogens with one attached hydrogen (secondary N) is 1. The molecule has 1 amide bonds. The molecule has 1 aromatic heterocycles. The highest BCUT2D eigenvalue weighted by Gasteiger charge is 2.28. The van der Waals surface area contributed by atoms with Gasteiger partial charge in [-0.3, -0.25) is 10.1 Å². The lowest BCUT2D eigenvalue weighted by Gasteiger charge is -2.30. The van der Waals surface area contributed by atoms with Crippen molar-refractivity contribution in [2.24, 2.45) is 5.92 Å². The maximum Gasteiger partial charge on any atom is 0.322 e. The number of aromatic nitrogens is 2. The summed E-state index contributed by atoms with van der Waals surface area (Å²) in [6.45, 7) is 3.02. The largest absolute Gasteiger partial charge is 0.407 e. The number of anilines is 1. The number of benzene rings is 2. The summed E-state index contributed by atoms with van der Waals surface area (Å²) in [7, 11) is -6.89. The number of carbonyl (C=O) groups is 1. The fourth-order valence-electron chi connectivity index (χ4n) is 3.87. The van der Waals surface area contributed by atoms with Gasteiger partial charge in [0.2, 0.25) is 15.9 Å². The van der Waals surface area contributed by atoms with Gasteiger partial charge in [0.1, 0.15) is 0 Å². The molecule has 1 N–H and O–H groups in total. The Kier molecular flexibility index (Phi) is 7.06. The van der Waals surface area contributed by atoms with Crippen LogP contribution < -0.4 is 5.32 Å². The van der Waals surface area contributed by atoms with Crippen LogP contribution >= 0.6 is 0 Å². The van der Waals surface area contributed by atoms with Crippen LogP contribution in [0.25, 0.3) is 0 Å². The van der Waals surface area contributed by atoms with Gasteiger partial charge in [-0.15, -0.1) is 5.10 Å². The van der Waals surface area contributed by atoms with Crippen LogP contribution in [0.5, 0.6) is 0 Å². The SMILES string of the molecule is CC1CCCN(S(=O)(=O)c2ccc(C(=O)Nc3nnc(Cc4ccc(S(C)(=O)=O)cc4)o3)cc2)C1. The van der Waals surface area contributed by atoms with E-state index >= 15 is 0 Å². The van der Waals surface area contributed by atoms with E-state index in [0.717, 1.165) is 24.7 Å². The molecule has 35 heavy (non-hydrogen) atoms. The molecule has 0 aliphatic carbocycles. The van der Waals surface area contributed by atoms with E-state index in [1.54, 1.807) is 12.1 Å². The molecule has 1 aliphatic rings. The Morgan fingerprint density at radius 3 is 2.31 bits per heavy atom. The van der Waals surface area contributed by atoms with Crippen molar-refractivity contribution in [3.8, 4) is 0 Å². The van der Waals surface area contributed by atoms with Crippen molar-refractivity contribution < 1.29 is 26.0 Å². The molecular formula is C23H26N4O6S2. The van der Waals surface area contributed by atoms with Crippen molar-refractivity contribution in [2.45, 2.75) is 36.0 Å². The highest BCUT2D eigenvalue weighted by molar-refractivity contribution is 7.90. The van der Waals surface area contributed by atoms with Gasteiger partial charge in [-0.2, -0.15) is 4.31 Å². The summed E-state index contributed by atoms with van der Waals surface area (Å²) in [5, 5.41) is 10.2. The molecule has 4 rings (SSSR count). The lowest BCUT2D eigenvalue weighted by Crippen LogP contribution is -2.39. The summed E-state index contributed by atoms with van der Waals surface area (Å²) in [5.74, 6) is 0.0348. The van der Waals surface area contributed by atoms with E-state index in [-0.39, 0.29) is 33.7 Å². The first-order valence-corrected chi connectivity index (χ1v) is 14.4. The van der Waals surface area contributed by atoms with Gasteiger partial charge in [-0.1, -0.05) is 24.2 Å². The predicted molar refractivity (Wildman–Crippen MR) is 128 cm³/mol. The molecule has 1 unspecified atom stereocenters. The van der Waals surface area contributed by atoms with E-state index in [0.29, 0.717) is 19.0 Å². The first-order valence-electron chi connectivity index (χ1n) is 11.1. The van der Waals surface area contributed by atoms with Crippen LogP contribution in [-0.2, 0) is 26.3 Å². The second-order valence-electron chi connectivity index (χ2n) is 8.68. The van der Waals surface area contributed by atoms with Gasteiger partial charge in [0.05, 0.1) is 16.2 Å². The number of sulfonamides is 1. The summed E-state index contributed by atoms with van der Waals surface area (Å²) in [5.41, 5.74) is 1.01. The normalized spacial score (nSPS) is 17.3. The summed E-state index contributed by atoms with van der Waals surface area (Å²) in [4.78, 5) is 12.9. The maximum atomic E-state index is 12.9. The van der Waals surface area contributed by atoms with Crippen molar-refractivity contribution in [2.75, 3.05) is 24.7 Å². The monoisotopic (exact) mass is 518 g/mol. The number of rotatable bonds is 7. The van der Waals surface area contributed by atoms with E-state index in [1.165, 1.54) is 40.7 Å². The third-order valence-electron chi connectivity index (χ3n) is 5.77. The van der Waals surface area contributed by atoms with Crippen molar-refractivity contribution in [3.63, 3.8) is 0 Å². The Balaban J connectivity index is 1.39. The fourth-order valence-corrected chi connectivity index (χ4v) is 6.09. The Labute approximate surface area is 204 Å². The first kappa shape index (κ1) is 25.0. The van der Waals surface area contributed by atoms with Gasteiger partial charge in [0.25, 0.3) is 5.91 Å². The minimum atomic E-state index is -3.61. The molecular weight excluding hydrogens is 492 g/mol. The molecule has 10 nitrogen and oxygen atoms in total. The molecule has 0 radical (unpaired) electrons.